The summed E-state index contributed by atoms with van der Waals surface area (Å²) >= 11 is 0. The van der Waals surface area contributed by atoms with Crippen LogP contribution >= 0.6 is 0 Å². The van der Waals surface area contributed by atoms with Crippen LogP contribution in [0.1, 0.15) is 70.6 Å². The minimum Gasteiger partial charge on any atom is -0.381 e. The van der Waals surface area contributed by atoms with Gasteiger partial charge in [-0.1, -0.05) is 32.1 Å². The lowest BCUT2D eigenvalue weighted by atomic mass is 9.91. The van der Waals surface area contributed by atoms with Gasteiger partial charge >= 0.3 is 0 Å². The molecule has 2 saturated carbocycles. The lowest BCUT2D eigenvalue weighted by Gasteiger charge is -2.44. The van der Waals surface area contributed by atoms with Crippen molar-refractivity contribution in [2.24, 2.45) is 10.7 Å². The molecule has 0 unspecified atom stereocenters. The largest absolute Gasteiger partial charge is 0.381 e. The molecular weight excluding hydrogens is 300 g/mol. The number of guanidine groups is 1. The van der Waals surface area contributed by atoms with Crippen molar-refractivity contribution >= 4 is 5.96 Å². The van der Waals surface area contributed by atoms with Crippen LogP contribution in [0.25, 0.3) is 0 Å². The average Bonchev–Trinajstić information content (AvgIpc) is 3.11. The Balaban J connectivity index is 1.56. The maximum absolute atomic E-state index is 6.22. The molecule has 138 valence electrons. The minimum absolute atomic E-state index is 0.248. The fourth-order valence-electron chi connectivity index (χ4n) is 4.91. The van der Waals surface area contributed by atoms with Crippen LogP contribution in [-0.2, 0) is 4.74 Å². The first-order chi connectivity index (χ1) is 11.7. The van der Waals surface area contributed by atoms with Crippen LogP contribution < -0.4 is 11.1 Å². The predicted octanol–water partition coefficient (Wildman–Crippen LogP) is 2.65. The molecule has 2 aliphatic carbocycles. The Kier molecular flexibility index (Phi) is 6.39. The van der Waals surface area contributed by atoms with E-state index in [1.807, 2.05) is 7.11 Å². The highest BCUT2D eigenvalue weighted by molar-refractivity contribution is 5.78. The van der Waals surface area contributed by atoms with Crippen LogP contribution in [-0.4, -0.2) is 55.3 Å². The fraction of sp³-hybridized carbons (Fsp3) is 0.947. The number of nitrogens with zero attached hydrogens (tertiary/aromatic N) is 2. The smallest absolute Gasteiger partial charge is 0.188 e. The zero-order valence-corrected chi connectivity index (χ0v) is 15.4. The normalized spacial score (nSPS) is 27.5. The molecule has 0 radical (unpaired) electrons. The molecule has 3 aliphatic rings. The van der Waals surface area contributed by atoms with E-state index in [1.165, 1.54) is 57.8 Å². The van der Waals surface area contributed by atoms with Crippen LogP contribution in [0, 0.1) is 0 Å². The molecule has 1 saturated heterocycles. The molecule has 5 nitrogen and oxygen atoms in total. The molecule has 0 bridgehead atoms. The molecule has 3 fully saturated rings. The topological polar surface area (TPSA) is 62.9 Å². The van der Waals surface area contributed by atoms with Gasteiger partial charge < -0.3 is 15.8 Å². The monoisotopic (exact) mass is 336 g/mol. The van der Waals surface area contributed by atoms with Crippen molar-refractivity contribution in [1.82, 2.24) is 10.2 Å². The lowest BCUT2D eigenvalue weighted by molar-refractivity contribution is -0.0000580. The Morgan fingerprint density at radius 3 is 2.38 bits per heavy atom. The van der Waals surface area contributed by atoms with Crippen molar-refractivity contribution in [2.75, 3.05) is 26.7 Å². The van der Waals surface area contributed by atoms with Crippen LogP contribution in [0.4, 0.5) is 0 Å². The molecule has 0 atom stereocenters. The summed E-state index contributed by atoms with van der Waals surface area (Å²) in [4.78, 5) is 7.48. The molecule has 5 heteroatoms. The number of hydrogen-bond acceptors (Lipinski definition) is 3. The third-order valence-corrected chi connectivity index (χ3v) is 6.48. The van der Waals surface area contributed by atoms with Crippen molar-refractivity contribution in [1.29, 1.82) is 0 Å². The van der Waals surface area contributed by atoms with Crippen LogP contribution in [0.15, 0.2) is 4.99 Å². The van der Waals surface area contributed by atoms with E-state index >= 15 is 0 Å². The Bertz CT molecular complexity index is 406. The van der Waals surface area contributed by atoms with Gasteiger partial charge in [0, 0.05) is 31.8 Å². The number of likely N-dealkylation sites (tertiary alicyclic amines) is 1. The van der Waals surface area contributed by atoms with Crippen molar-refractivity contribution < 1.29 is 4.74 Å². The van der Waals surface area contributed by atoms with E-state index in [0.29, 0.717) is 18.1 Å². The summed E-state index contributed by atoms with van der Waals surface area (Å²) in [6.07, 6.45) is 14.4. The van der Waals surface area contributed by atoms with Crippen molar-refractivity contribution in [3.05, 3.63) is 0 Å². The zero-order chi connectivity index (χ0) is 16.8. The Morgan fingerprint density at radius 1 is 1.08 bits per heavy atom. The predicted molar refractivity (Wildman–Crippen MR) is 99.3 cm³/mol. The van der Waals surface area contributed by atoms with Gasteiger partial charge in [0.2, 0.25) is 0 Å². The second kappa shape index (κ2) is 8.52. The number of aliphatic imine (C=N–C) groups is 1. The summed E-state index contributed by atoms with van der Waals surface area (Å²) in [7, 11) is 1.84. The second-order valence-electron chi connectivity index (χ2n) is 8.03. The Morgan fingerprint density at radius 2 is 1.75 bits per heavy atom. The third-order valence-electron chi connectivity index (χ3n) is 6.48. The lowest BCUT2D eigenvalue weighted by Crippen LogP contribution is -2.54. The maximum atomic E-state index is 6.22. The standard InChI is InChI=1S/C19H36N4O/c1-24-17-9-13-23(14-10-17)19(11-5-6-12-19)15-21-18(20)22-16-7-3-2-4-8-16/h16-17H,2-15H2,1H3,(H3,20,21,22). The molecular formula is C19H36N4O. The first kappa shape index (κ1) is 18.0. The highest BCUT2D eigenvalue weighted by atomic mass is 16.5. The molecule has 3 rings (SSSR count). The summed E-state index contributed by atoms with van der Waals surface area (Å²) in [5.74, 6) is 0.667. The fourth-order valence-corrected chi connectivity index (χ4v) is 4.91. The van der Waals surface area contributed by atoms with Gasteiger partial charge in [-0.25, -0.2) is 0 Å². The molecule has 1 aliphatic heterocycles. The highest BCUT2D eigenvalue weighted by Gasteiger charge is 2.40. The van der Waals surface area contributed by atoms with Crippen molar-refractivity contribution in [3.63, 3.8) is 0 Å². The summed E-state index contributed by atoms with van der Waals surface area (Å²) in [6, 6.07) is 0.541. The second-order valence-corrected chi connectivity index (χ2v) is 8.03. The minimum atomic E-state index is 0.248. The van der Waals surface area contributed by atoms with E-state index in [0.717, 1.165) is 32.5 Å². The number of nitrogens with two attached hydrogens (primary N) is 1. The van der Waals surface area contributed by atoms with Gasteiger partial charge in [0.15, 0.2) is 5.96 Å². The van der Waals surface area contributed by atoms with Crippen LogP contribution in [0.5, 0.6) is 0 Å². The van der Waals surface area contributed by atoms with E-state index in [2.05, 4.69) is 10.2 Å². The van der Waals surface area contributed by atoms with Gasteiger partial charge in [0.25, 0.3) is 0 Å². The van der Waals surface area contributed by atoms with Gasteiger partial charge in [0.1, 0.15) is 0 Å². The number of piperidine rings is 1. The van der Waals surface area contributed by atoms with E-state index < -0.39 is 0 Å². The maximum Gasteiger partial charge on any atom is 0.188 e. The number of rotatable bonds is 5. The number of ether oxygens (including phenoxy) is 1. The van der Waals surface area contributed by atoms with E-state index in [9.17, 15) is 0 Å². The van der Waals surface area contributed by atoms with E-state index in [-0.39, 0.29) is 5.54 Å². The van der Waals surface area contributed by atoms with Gasteiger partial charge in [-0.05, 0) is 38.5 Å². The molecule has 24 heavy (non-hydrogen) atoms. The first-order valence-electron chi connectivity index (χ1n) is 10.1. The number of hydrogen-bond donors (Lipinski definition) is 2. The number of methoxy groups -OCH3 is 1. The van der Waals surface area contributed by atoms with Crippen molar-refractivity contribution in [2.45, 2.75) is 88.3 Å². The summed E-state index contributed by atoms with van der Waals surface area (Å²) in [6.45, 7) is 3.14. The molecule has 1 heterocycles. The highest BCUT2D eigenvalue weighted by Crippen LogP contribution is 2.37. The zero-order valence-electron chi connectivity index (χ0n) is 15.4. The van der Waals surface area contributed by atoms with Crippen LogP contribution in [0.3, 0.4) is 0 Å². The summed E-state index contributed by atoms with van der Waals surface area (Å²) < 4.78 is 5.53. The SMILES string of the molecule is COC1CCN(C2(CN=C(N)NC3CCCCC3)CCCC2)CC1. The molecule has 0 spiro atoms. The quantitative estimate of drug-likeness (QED) is 0.598. The Labute approximate surface area is 147 Å². The average molecular weight is 337 g/mol. The van der Waals surface area contributed by atoms with Crippen molar-refractivity contribution in [3.8, 4) is 0 Å². The van der Waals surface area contributed by atoms with E-state index in [1.54, 1.807) is 0 Å². The van der Waals surface area contributed by atoms with Gasteiger partial charge in [0.05, 0.1) is 12.6 Å². The van der Waals surface area contributed by atoms with E-state index in [4.69, 9.17) is 15.5 Å². The number of nitrogens with one attached hydrogen (secondary N) is 1. The van der Waals surface area contributed by atoms with Crippen LogP contribution in [0.2, 0.25) is 0 Å². The molecule has 3 N–H and O–H groups in total. The summed E-state index contributed by atoms with van der Waals surface area (Å²) in [5.41, 5.74) is 6.46. The van der Waals surface area contributed by atoms with Gasteiger partial charge in [-0.2, -0.15) is 0 Å². The molecule has 0 aromatic rings. The first-order valence-corrected chi connectivity index (χ1v) is 10.1. The molecule has 0 aromatic heterocycles. The molecule has 0 amide bonds. The summed E-state index contributed by atoms with van der Waals surface area (Å²) in [5, 5.41) is 3.47. The van der Waals surface area contributed by atoms with Gasteiger partial charge in [-0.3, -0.25) is 9.89 Å². The Hall–Kier alpha value is -0.810. The molecule has 0 aromatic carbocycles. The van der Waals surface area contributed by atoms with Gasteiger partial charge in [-0.15, -0.1) is 0 Å². The third kappa shape index (κ3) is 4.42.